The molecule has 2 aliphatic rings. The first-order valence-electron chi connectivity index (χ1n) is 7.84. The van der Waals surface area contributed by atoms with E-state index in [1.54, 1.807) is 0 Å². The lowest BCUT2D eigenvalue weighted by Crippen LogP contribution is -2.34. The number of hydrogen-bond acceptors (Lipinski definition) is 3. The van der Waals surface area contributed by atoms with Crippen molar-refractivity contribution in [2.75, 3.05) is 6.54 Å². The normalized spacial score (nSPS) is 25.9. The molecule has 116 valence electrons. The van der Waals surface area contributed by atoms with Gasteiger partial charge < -0.3 is 5.32 Å². The van der Waals surface area contributed by atoms with Crippen molar-refractivity contribution in [3.05, 3.63) is 12.2 Å². The van der Waals surface area contributed by atoms with Crippen LogP contribution in [0.1, 0.15) is 46.0 Å². The summed E-state index contributed by atoms with van der Waals surface area (Å²) in [5, 5.41) is 2.89. The molecule has 0 unspecified atom stereocenters. The van der Waals surface area contributed by atoms with Crippen LogP contribution in [0.4, 0.5) is 0 Å². The molecule has 0 saturated carbocycles. The first kappa shape index (κ1) is 15.7. The molecule has 1 aliphatic carbocycles. The number of allylic oxidation sites excluding steroid dienone is 2. The van der Waals surface area contributed by atoms with E-state index >= 15 is 0 Å². The molecule has 0 aromatic rings. The highest BCUT2D eigenvalue weighted by molar-refractivity contribution is 6.05. The number of hydrogen-bond donors (Lipinski definition) is 1. The molecule has 3 amide bonds. The van der Waals surface area contributed by atoms with Crippen LogP contribution in [0.2, 0.25) is 0 Å². The highest BCUT2D eigenvalue weighted by Gasteiger charge is 2.46. The number of fused-ring (bicyclic) bond motifs is 1. The predicted molar refractivity (Wildman–Crippen MR) is 79.2 cm³/mol. The first-order chi connectivity index (χ1) is 10.0. The fourth-order valence-corrected chi connectivity index (χ4v) is 2.94. The lowest BCUT2D eigenvalue weighted by atomic mass is 9.85. The largest absolute Gasteiger partial charge is 0.354 e. The molecule has 5 nitrogen and oxygen atoms in total. The Bertz CT molecular complexity index is 432. The van der Waals surface area contributed by atoms with Gasteiger partial charge in [-0.3, -0.25) is 19.3 Å². The summed E-state index contributed by atoms with van der Waals surface area (Å²) in [6.45, 7) is 4.34. The Balaban J connectivity index is 1.80. The topological polar surface area (TPSA) is 66.5 Å². The van der Waals surface area contributed by atoms with Crippen LogP contribution in [0.15, 0.2) is 12.2 Å². The molecule has 21 heavy (non-hydrogen) atoms. The van der Waals surface area contributed by atoms with Gasteiger partial charge in [0.1, 0.15) is 0 Å². The smallest absolute Gasteiger partial charge is 0.233 e. The molecule has 1 fully saturated rings. The van der Waals surface area contributed by atoms with Crippen LogP contribution in [-0.2, 0) is 14.4 Å². The maximum absolute atomic E-state index is 12.2. The lowest BCUT2D eigenvalue weighted by molar-refractivity contribution is -0.140. The van der Waals surface area contributed by atoms with Crippen LogP contribution in [0, 0.1) is 11.8 Å². The number of likely N-dealkylation sites (tertiary alicyclic amines) is 1. The van der Waals surface area contributed by atoms with Crippen LogP contribution < -0.4 is 5.32 Å². The fourth-order valence-electron chi connectivity index (χ4n) is 2.94. The van der Waals surface area contributed by atoms with Crippen molar-refractivity contribution >= 4 is 17.7 Å². The van der Waals surface area contributed by atoms with Gasteiger partial charge in [0.15, 0.2) is 0 Å². The quantitative estimate of drug-likeness (QED) is 0.598. The Morgan fingerprint density at radius 3 is 2.38 bits per heavy atom. The maximum Gasteiger partial charge on any atom is 0.233 e. The van der Waals surface area contributed by atoms with E-state index in [1.165, 1.54) is 4.90 Å². The summed E-state index contributed by atoms with van der Waals surface area (Å²) in [5.74, 6) is -0.469. The molecule has 1 N–H and O–H groups in total. The SMILES string of the molecule is CC[C@H](C)NC(=O)CCCN1C(=O)[C@H]2CC=CC[C@H]2C1=O. The van der Waals surface area contributed by atoms with E-state index in [2.05, 4.69) is 5.32 Å². The molecular formula is C16H24N2O3. The summed E-state index contributed by atoms with van der Waals surface area (Å²) in [6, 6.07) is 0.168. The molecule has 0 aromatic heterocycles. The zero-order valence-corrected chi connectivity index (χ0v) is 12.8. The highest BCUT2D eigenvalue weighted by atomic mass is 16.2. The van der Waals surface area contributed by atoms with Crippen molar-refractivity contribution in [1.29, 1.82) is 0 Å². The van der Waals surface area contributed by atoms with Crippen LogP contribution in [0.25, 0.3) is 0 Å². The molecule has 0 bridgehead atoms. The van der Waals surface area contributed by atoms with Crippen molar-refractivity contribution in [3.8, 4) is 0 Å². The number of rotatable bonds is 6. The fraction of sp³-hybridized carbons (Fsp3) is 0.688. The summed E-state index contributed by atoms with van der Waals surface area (Å²) >= 11 is 0. The van der Waals surface area contributed by atoms with Gasteiger partial charge in [0.25, 0.3) is 0 Å². The van der Waals surface area contributed by atoms with E-state index in [4.69, 9.17) is 0 Å². The Morgan fingerprint density at radius 1 is 1.29 bits per heavy atom. The second-order valence-electron chi connectivity index (χ2n) is 5.96. The zero-order chi connectivity index (χ0) is 15.4. The minimum Gasteiger partial charge on any atom is -0.354 e. The molecule has 1 saturated heterocycles. The van der Waals surface area contributed by atoms with E-state index in [0.717, 1.165) is 6.42 Å². The molecule has 0 aromatic carbocycles. The van der Waals surface area contributed by atoms with Crippen LogP contribution >= 0.6 is 0 Å². The number of nitrogens with zero attached hydrogens (tertiary/aromatic N) is 1. The molecule has 5 heteroatoms. The summed E-state index contributed by atoms with van der Waals surface area (Å²) < 4.78 is 0. The summed E-state index contributed by atoms with van der Waals surface area (Å²) in [6.07, 6.45) is 7.08. The minimum atomic E-state index is -0.170. The molecular weight excluding hydrogens is 268 g/mol. The average Bonchev–Trinajstić information content (AvgIpc) is 2.72. The summed E-state index contributed by atoms with van der Waals surface area (Å²) in [5.41, 5.74) is 0. The van der Waals surface area contributed by atoms with Gasteiger partial charge in [0.2, 0.25) is 17.7 Å². The van der Waals surface area contributed by atoms with Gasteiger partial charge in [-0.2, -0.15) is 0 Å². The zero-order valence-electron chi connectivity index (χ0n) is 12.8. The van der Waals surface area contributed by atoms with Crippen molar-refractivity contribution in [3.63, 3.8) is 0 Å². The standard InChI is InChI=1S/C16H24N2O3/c1-3-11(2)17-14(19)9-6-10-18-15(20)12-7-4-5-8-13(12)16(18)21/h4-5,11-13H,3,6-10H2,1-2H3,(H,17,19)/t11-,12-,13+/m0/s1. The maximum atomic E-state index is 12.2. The Hall–Kier alpha value is -1.65. The number of carbonyl (C=O) groups is 3. The second kappa shape index (κ2) is 6.87. The lowest BCUT2D eigenvalue weighted by Gasteiger charge is -2.15. The van der Waals surface area contributed by atoms with Crippen molar-refractivity contribution in [2.24, 2.45) is 11.8 Å². The molecule has 2 rings (SSSR count). The van der Waals surface area contributed by atoms with Crippen LogP contribution in [0.5, 0.6) is 0 Å². The van der Waals surface area contributed by atoms with E-state index in [0.29, 0.717) is 32.2 Å². The van der Waals surface area contributed by atoms with Gasteiger partial charge in [0.05, 0.1) is 11.8 Å². The van der Waals surface area contributed by atoms with Gasteiger partial charge in [0, 0.05) is 19.0 Å². The van der Waals surface area contributed by atoms with Crippen LogP contribution in [-0.4, -0.2) is 35.2 Å². The highest BCUT2D eigenvalue weighted by Crippen LogP contribution is 2.35. The van der Waals surface area contributed by atoms with Gasteiger partial charge in [-0.15, -0.1) is 0 Å². The molecule has 1 heterocycles. The monoisotopic (exact) mass is 292 g/mol. The van der Waals surface area contributed by atoms with Crippen LogP contribution in [0.3, 0.4) is 0 Å². The second-order valence-corrected chi connectivity index (χ2v) is 5.96. The summed E-state index contributed by atoms with van der Waals surface area (Å²) in [4.78, 5) is 37.5. The minimum absolute atomic E-state index is 0.0115. The van der Waals surface area contributed by atoms with Gasteiger partial charge in [-0.05, 0) is 32.6 Å². The summed E-state index contributed by atoms with van der Waals surface area (Å²) in [7, 11) is 0. The first-order valence-corrected chi connectivity index (χ1v) is 7.84. The number of nitrogens with one attached hydrogen (secondary N) is 1. The van der Waals surface area contributed by atoms with E-state index in [-0.39, 0.29) is 35.6 Å². The number of amides is 3. The van der Waals surface area contributed by atoms with Crippen molar-refractivity contribution in [1.82, 2.24) is 10.2 Å². The third kappa shape index (κ3) is 3.52. The molecule has 3 atom stereocenters. The number of carbonyl (C=O) groups excluding carboxylic acids is 3. The Morgan fingerprint density at radius 2 is 1.86 bits per heavy atom. The third-order valence-electron chi connectivity index (χ3n) is 4.40. The van der Waals surface area contributed by atoms with E-state index in [9.17, 15) is 14.4 Å². The van der Waals surface area contributed by atoms with E-state index in [1.807, 2.05) is 26.0 Å². The van der Waals surface area contributed by atoms with Gasteiger partial charge >= 0.3 is 0 Å². The molecule has 1 aliphatic heterocycles. The predicted octanol–water partition coefficient (Wildman–Crippen LogP) is 1.63. The molecule has 0 radical (unpaired) electrons. The van der Waals surface area contributed by atoms with Gasteiger partial charge in [-0.1, -0.05) is 19.1 Å². The van der Waals surface area contributed by atoms with Gasteiger partial charge in [-0.25, -0.2) is 0 Å². The molecule has 0 spiro atoms. The van der Waals surface area contributed by atoms with Crippen molar-refractivity contribution in [2.45, 2.75) is 52.0 Å². The third-order valence-corrected chi connectivity index (χ3v) is 4.40. The van der Waals surface area contributed by atoms with E-state index < -0.39 is 0 Å². The van der Waals surface area contributed by atoms with Crippen molar-refractivity contribution < 1.29 is 14.4 Å². The average molecular weight is 292 g/mol. The Labute approximate surface area is 125 Å². The Kier molecular flexibility index (Phi) is 5.15. The number of imide groups is 1.